The highest BCUT2D eigenvalue weighted by Crippen LogP contribution is 2.31. The second-order valence-electron chi connectivity index (χ2n) is 8.08. The van der Waals surface area contributed by atoms with Crippen LogP contribution in [0, 0.1) is 12.8 Å². The standard InChI is InChI=1S/C23H26N4O3S/c1-15-7-8-19-18(11-15)20(25-13-16(2)23(24)28)12-22(26-19)27-9-10-31(29,30)21-6-4-3-5-17(21)14-27/h3-8,11-12,16H,9-10,13-14H2,1-2H3,(H2,24,28)(H,25,26). The van der Waals surface area contributed by atoms with Crippen molar-refractivity contribution in [3.63, 3.8) is 0 Å². The Balaban J connectivity index is 1.76. The van der Waals surface area contributed by atoms with E-state index in [-0.39, 0.29) is 17.6 Å². The average Bonchev–Trinajstić information content (AvgIpc) is 2.87. The second kappa shape index (κ2) is 8.19. The topological polar surface area (TPSA) is 105 Å². The number of sulfone groups is 1. The molecular formula is C23H26N4O3S. The molecule has 2 heterocycles. The molecule has 0 saturated heterocycles. The zero-order chi connectivity index (χ0) is 22.2. The number of aryl methyl sites for hydroxylation is 1. The van der Waals surface area contributed by atoms with Crippen LogP contribution in [0.3, 0.4) is 0 Å². The van der Waals surface area contributed by atoms with Crippen LogP contribution in [0.2, 0.25) is 0 Å². The van der Waals surface area contributed by atoms with Gasteiger partial charge in [0, 0.05) is 36.8 Å². The molecule has 162 valence electrons. The Kier molecular flexibility index (Phi) is 5.58. The van der Waals surface area contributed by atoms with Crippen LogP contribution in [0.1, 0.15) is 18.1 Å². The molecule has 8 heteroatoms. The van der Waals surface area contributed by atoms with Crippen molar-refractivity contribution in [3.05, 3.63) is 59.7 Å². The van der Waals surface area contributed by atoms with Gasteiger partial charge in [-0.15, -0.1) is 0 Å². The minimum absolute atomic E-state index is 0.0269. The van der Waals surface area contributed by atoms with Gasteiger partial charge in [-0.2, -0.15) is 0 Å². The van der Waals surface area contributed by atoms with E-state index in [4.69, 9.17) is 10.7 Å². The van der Waals surface area contributed by atoms with Gasteiger partial charge in [0.15, 0.2) is 9.84 Å². The van der Waals surface area contributed by atoms with Crippen molar-refractivity contribution >= 4 is 38.2 Å². The van der Waals surface area contributed by atoms with Gasteiger partial charge in [-0.1, -0.05) is 36.8 Å². The molecule has 1 unspecified atom stereocenters. The van der Waals surface area contributed by atoms with Crippen molar-refractivity contribution in [2.45, 2.75) is 25.3 Å². The van der Waals surface area contributed by atoms with Gasteiger partial charge >= 0.3 is 0 Å². The minimum atomic E-state index is -3.35. The summed E-state index contributed by atoms with van der Waals surface area (Å²) in [4.78, 5) is 18.7. The first-order chi connectivity index (χ1) is 14.7. The Morgan fingerprint density at radius 2 is 2.00 bits per heavy atom. The van der Waals surface area contributed by atoms with Crippen molar-refractivity contribution < 1.29 is 13.2 Å². The average molecular weight is 439 g/mol. The first-order valence-electron chi connectivity index (χ1n) is 10.2. The molecular weight excluding hydrogens is 412 g/mol. The fourth-order valence-corrected chi connectivity index (χ4v) is 5.25. The predicted molar refractivity (Wildman–Crippen MR) is 123 cm³/mol. The Bertz CT molecular complexity index is 1260. The van der Waals surface area contributed by atoms with Crippen LogP contribution >= 0.6 is 0 Å². The van der Waals surface area contributed by atoms with Gasteiger partial charge in [-0.05, 0) is 30.7 Å². The van der Waals surface area contributed by atoms with Crippen molar-refractivity contribution in [3.8, 4) is 0 Å². The molecule has 0 radical (unpaired) electrons. The highest BCUT2D eigenvalue weighted by molar-refractivity contribution is 7.91. The molecule has 31 heavy (non-hydrogen) atoms. The molecule has 0 bridgehead atoms. The van der Waals surface area contributed by atoms with Gasteiger partial charge in [0.25, 0.3) is 0 Å². The summed E-state index contributed by atoms with van der Waals surface area (Å²) in [6.45, 7) is 5.00. The molecule has 0 fully saturated rings. The number of anilines is 2. The maximum Gasteiger partial charge on any atom is 0.222 e. The summed E-state index contributed by atoms with van der Waals surface area (Å²) in [7, 11) is -3.35. The molecule has 3 N–H and O–H groups in total. The van der Waals surface area contributed by atoms with Gasteiger partial charge in [0.1, 0.15) is 5.82 Å². The molecule has 1 amide bonds. The number of nitrogens with zero attached hydrogens (tertiary/aromatic N) is 2. The number of nitrogens with two attached hydrogens (primary N) is 1. The van der Waals surface area contributed by atoms with Crippen LogP contribution < -0.4 is 16.0 Å². The van der Waals surface area contributed by atoms with Crippen LogP contribution in [0.15, 0.2) is 53.4 Å². The number of carbonyl (C=O) groups is 1. The van der Waals surface area contributed by atoms with Crippen LogP contribution in [-0.4, -0.2) is 38.2 Å². The number of primary amides is 1. The predicted octanol–water partition coefficient (Wildman–Crippen LogP) is 2.87. The second-order valence-corrected chi connectivity index (χ2v) is 10.2. The monoisotopic (exact) mass is 438 g/mol. The molecule has 1 aromatic heterocycles. The van der Waals surface area contributed by atoms with E-state index in [1.807, 2.05) is 48.2 Å². The van der Waals surface area contributed by atoms with Gasteiger partial charge in [-0.25, -0.2) is 13.4 Å². The third kappa shape index (κ3) is 4.34. The van der Waals surface area contributed by atoms with Crippen molar-refractivity contribution in [2.24, 2.45) is 11.7 Å². The molecule has 0 saturated carbocycles. The van der Waals surface area contributed by atoms with E-state index in [1.54, 1.807) is 19.1 Å². The SMILES string of the molecule is Cc1ccc2nc(N3CCS(=O)(=O)c4ccccc4C3)cc(NCC(C)C(N)=O)c2c1. The van der Waals surface area contributed by atoms with Gasteiger partial charge in [-0.3, -0.25) is 4.79 Å². The number of fused-ring (bicyclic) bond motifs is 2. The van der Waals surface area contributed by atoms with E-state index in [0.717, 1.165) is 27.7 Å². The lowest BCUT2D eigenvalue weighted by molar-refractivity contribution is -0.120. The summed E-state index contributed by atoms with van der Waals surface area (Å²) >= 11 is 0. The Morgan fingerprint density at radius 3 is 2.77 bits per heavy atom. The van der Waals surface area contributed by atoms with Crippen LogP contribution in [0.4, 0.5) is 11.5 Å². The molecule has 1 atom stereocenters. The molecule has 3 aromatic rings. The minimum Gasteiger partial charge on any atom is -0.384 e. The molecule has 4 rings (SSSR count). The Hall–Kier alpha value is -3.13. The number of aromatic nitrogens is 1. The lowest BCUT2D eigenvalue weighted by Crippen LogP contribution is -2.28. The fraction of sp³-hybridized carbons (Fsp3) is 0.304. The summed E-state index contributed by atoms with van der Waals surface area (Å²) in [6, 6.07) is 15.1. The quantitative estimate of drug-likeness (QED) is 0.635. The highest BCUT2D eigenvalue weighted by atomic mass is 32.2. The number of amides is 1. The van der Waals surface area contributed by atoms with Gasteiger partial charge in [0.2, 0.25) is 5.91 Å². The molecule has 2 aromatic carbocycles. The zero-order valence-corrected chi connectivity index (χ0v) is 18.4. The number of hydrogen-bond acceptors (Lipinski definition) is 6. The number of rotatable bonds is 5. The number of benzene rings is 2. The maximum absolute atomic E-state index is 12.7. The first-order valence-corrected chi connectivity index (χ1v) is 11.9. The normalized spacial score (nSPS) is 16.4. The van der Waals surface area contributed by atoms with Crippen molar-refractivity contribution in [1.82, 2.24) is 4.98 Å². The summed E-state index contributed by atoms with van der Waals surface area (Å²) < 4.78 is 25.4. The summed E-state index contributed by atoms with van der Waals surface area (Å²) in [5.41, 5.74) is 8.93. The smallest absolute Gasteiger partial charge is 0.222 e. The maximum atomic E-state index is 12.7. The van der Waals surface area contributed by atoms with Crippen LogP contribution in [0.25, 0.3) is 10.9 Å². The van der Waals surface area contributed by atoms with E-state index in [1.165, 1.54) is 0 Å². The number of pyridine rings is 1. The van der Waals surface area contributed by atoms with Crippen LogP contribution in [0.5, 0.6) is 0 Å². The Labute approximate surface area is 182 Å². The lowest BCUT2D eigenvalue weighted by Gasteiger charge is -2.23. The Morgan fingerprint density at radius 1 is 1.23 bits per heavy atom. The molecule has 0 aliphatic carbocycles. The van der Waals surface area contributed by atoms with E-state index < -0.39 is 9.84 Å². The third-order valence-electron chi connectivity index (χ3n) is 5.66. The van der Waals surface area contributed by atoms with Crippen LogP contribution in [-0.2, 0) is 21.2 Å². The highest BCUT2D eigenvalue weighted by Gasteiger charge is 2.26. The fourth-order valence-electron chi connectivity index (χ4n) is 3.76. The van der Waals surface area contributed by atoms with E-state index >= 15 is 0 Å². The number of nitrogens with one attached hydrogen (secondary N) is 1. The zero-order valence-electron chi connectivity index (χ0n) is 17.6. The van der Waals surface area contributed by atoms with Gasteiger partial charge in [0.05, 0.1) is 22.1 Å². The largest absolute Gasteiger partial charge is 0.384 e. The van der Waals surface area contributed by atoms with Crippen molar-refractivity contribution in [1.29, 1.82) is 0 Å². The third-order valence-corrected chi connectivity index (χ3v) is 7.45. The van der Waals surface area contributed by atoms with E-state index in [0.29, 0.717) is 30.3 Å². The number of carbonyl (C=O) groups excluding carboxylic acids is 1. The summed E-state index contributed by atoms with van der Waals surface area (Å²) in [5.74, 6) is 0.0276. The number of hydrogen-bond donors (Lipinski definition) is 2. The molecule has 1 aliphatic rings. The summed E-state index contributed by atoms with van der Waals surface area (Å²) in [5, 5.41) is 4.29. The molecule has 7 nitrogen and oxygen atoms in total. The van der Waals surface area contributed by atoms with Crippen molar-refractivity contribution in [2.75, 3.05) is 29.1 Å². The lowest BCUT2D eigenvalue weighted by atomic mass is 10.1. The molecule has 0 spiro atoms. The van der Waals surface area contributed by atoms with E-state index in [2.05, 4.69) is 5.32 Å². The molecule has 1 aliphatic heterocycles. The summed E-state index contributed by atoms with van der Waals surface area (Å²) in [6.07, 6.45) is 0. The van der Waals surface area contributed by atoms with E-state index in [9.17, 15) is 13.2 Å². The first kappa shape index (κ1) is 21.1. The van der Waals surface area contributed by atoms with Gasteiger partial charge < -0.3 is 16.0 Å².